The molecule has 1 aliphatic heterocycles. The van der Waals surface area contributed by atoms with Gasteiger partial charge in [-0.1, -0.05) is 67.9 Å². The van der Waals surface area contributed by atoms with Crippen molar-refractivity contribution in [1.29, 1.82) is 0 Å². The lowest BCUT2D eigenvalue weighted by Gasteiger charge is -2.37. The van der Waals surface area contributed by atoms with Crippen LogP contribution in [0.2, 0.25) is 0 Å². The fraction of sp³-hybridized carbons (Fsp3) is 0.400. The van der Waals surface area contributed by atoms with Crippen molar-refractivity contribution in [1.82, 2.24) is 4.90 Å². The lowest BCUT2D eigenvalue weighted by atomic mass is 9.84. The predicted octanol–water partition coefficient (Wildman–Crippen LogP) is 4.27. The summed E-state index contributed by atoms with van der Waals surface area (Å²) in [5.41, 5.74) is 9.65. The number of hydrogen-bond acceptors (Lipinski definition) is 4. The number of nitrogens with zero attached hydrogens (tertiary/aromatic N) is 2. The van der Waals surface area contributed by atoms with Gasteiger partial charge in [-0.05, 0) is 37.3 Å². The number of nitrogens with two attached hydrogens (primary N) is 1. The number of aryl methyl sites for hydroxylation is 2. The largest absolute Gasteiger partial charge is 0.369 e. The molecule has 0 saturated carbocycles. The van der Waals surface area contributed by atoms with Crippen LogP contribution in [-0.2, 0) is 17.8 Å². The highest BCUT2D eigenvalue weighted by Crippen LogP contribution is 2.30. The number of amides is 1. The number of rotatable bonds is 7. The molecule has 0 bridgehead atoms. The van der Waals surface area contributed by atoms with E-state index in [2.05, 4.69) is 36.2 Å². The van der Waals surface area contributed by atoms with E-state index < -0.39 is 5.54 Å². The van der Waals surface area contributed by atoms with Crippen LogP contribution in [0.15, 0.2) is 53.5 Å². The van der Waals surface area contributed by atoms with Gasteiger partial charge in [-0.2, -0.15) is 0 Å². The minimum absolute atomic E-state index is 0.0167. The molecule has 0 fully saturated rings. The molecule has 0 saturated heterocycles. The summed E-state index contributed by atoms with van der Waals surface area (Å²) in [6.45, 7) is 8.48. The van der Waals surface area contributed by atoms with Crippen LogP contribution in [-0.4, -0.2) is 28.1 Å². The summed E-state index contributed by atoms with van der Waals surface area (Å²) in [6.07, 6.45) is 1.55. The third-order valence-electron chi connectivity index (χ3n) is 6.08. The smallest absolute Gasteiger partial charge is 0.232 e. The van der Waals surface area contributed by atoms with Crippen molar-refractivity contribution >= 4 is 17.6 Å². The van der Waals surface area contributed by atoms with E-state index in [1.807, 2.05) is 45.0 Å². The number of ketones is 1. The van der Waals surface area contributed by atoms with E-state index in [-0.39, 0.29) is 23.6 Å². The first kappa shape index (κ1) is 21.8. The van der Waals surface area contributed by atoms with Crippen molar-refractivity contribution < 1.29 is 9.59 Å². The highest BCUT2D eigenvalue weighted by Gasteiger charge is 2.38. The van der Waals surface area contributed by atoms with Crippen molar-refractivity contribution in [2.24, 2.45) is 16.6 Å². The molecule has 1 atom stereocenters. The number of benzene rings is 2. The topological polar surface area (TPSA) is 75.8 Å². The van der Waals surface area contributed by atoms with Gasteiger partial charge in [0.05, 0.1) is 18.5 Å². The second kappa shape index (κ2) is 8.82. The second-order valence-corrected chi connectivity index (χ2v) is 8.74. The maximum atomic E-state index is 12.7. The third kappa shape index (κ3) is 4.96. The Balaban J connectivity index is 1.62. The van der Waals surface area contributed by atoms with E-state index in [4.69, 9.17) is 5.73 Å². The number of hydrogen-bond donors (Lipinski definition) is 1. The van der Waals surface area contributed by atoms with Crippen LogP contribution in [0.4, 0.5) is 0 Å². The van der Waals surface area contributed by atoms with E-state index in [9.17, 15) is 9.59 Å². The van der Waals surface area contributed by atoms with Crippen LogP contribution in [0.5, 0.6) is 0 Å². The van der Waals surface area contributed by atoms with Crippen molar-refractivity contribution in [2.45, 2.75) is 59.0 Å². The molecule has 0 radical (unpaired) electrons. The van der Waals surface area contributed by atoms with Gasteiger partial charge < -0.3 is 5.73 Å². The van der Waals surface area contributed by atoms with Crippen molar-refractivity contribution in [2.75, 3.05) is 0 Å². The van der Waals surface area contributed by atoms with Crippen LogP contribution in [0.25, 0.3) is 0 Å². The van der Waals surface area contributed by atoms with Gasteiger partial charge in [-0.25, -0.2) is 4.99 Å². The minimum Gasteiger partial charge on any atom is -0.369 e. The molecule has 5 nitrogen and oxygen atoms in total. The minimum atomic E-state index is -0.453. The van der Waals surface area contributed by atoms with Crippen molar-refractivity contribution in [3.05, 3.63) is 70.8 Å². The lowest BCUT2D eigenvalue weighted by Crippen LogP contribution is -2.51. The number of Topliss-reactive ketones (excluding diaryl/α,β-unsaturated/α-hetero) is 1. The zero-order valence-electron chi connectivity index (χ0n) is 18.3. The second-order valence-electron chi connectivity index (χ2n) is 8.74. The Hall–Kier alpha value is -2.95. The Labute approximate surface area is 179 Å². The van der Waals surface area contributed by atoms with E-state index in [1.165, 1.54) is 10.5 Å². The van der Waals surface area contributed by atoms with Crippen LogP contribution in [0.3, 0.4) is 0 Å². The molecular weight excluding hydrogens is 374 g/mol. The fourth-order valence-electron chi connectivity index (χ4n) is 3.53. The van der Waals surface area contributed by atoms with Gasteiger partial charge >= 0.3 is 0 Å². The molecule has 0 aromatic heterocycles. The lowest BCUT2D eigenvalue weighted by molar-refractivity contribution is -0.130. The van der Waals surface area contributed by atoms with Gasteiger partial charge in [-0.3, -0.25) is 14.5 Å². The molecule has 0 aliphatic carbocycles. The quantitative estimate of drug-likeness (QED) is 0.699. The Kier molecular flexibility index (Phi) is 6.40. The van der Waals surface area contributed by atoms with E-state index in [0.717, 1.165) is 17.5 Å². The molecule has 2 aromatic rings. The molecule has 3 rings (SSSR count). The number of guanidine groups is 1. The van der Waals surface area contributed by atoms with Gasteiger partial charge in [-0.15, -0.1) is 0 Å². The van der Waals surface area contributed by atoms with E-state index in [0.29, 0.717) is 24.9 Å². The third-order valence-corrected chi connectivity index (χ3v) is 6.08. The summed E-state index contributed by atoms with van der Waals surface area (Å²) >= 11 is 0. The first-order chi connectivity index (χ1) is 14.2. The normalized spacial score (nSPS) is 19.2. The highest BCUT2D eigenvalue weighted by atomic mass is 16.2. The van der Waals surface area contributed by atoms with Gasteiger partial charge in [0.2, 0.25) is 5.91 Å². The van der Waals surface area contributed by atoms with Gasteiger partial charge in [0.15, 0.2) is 11.7 Å². The zero-order valence-corrected chi connectivity index (χ0v) is 18.3. The first-order valence-corrected chi connectivity index (χ1v) is 10.5. The van der Waals surface area contributed by atoms with Crippen LogP contribution in [0.1, 0.15) is 60.7 Å². The average Bonchev–Trinajstić information content (AvgIpc) is 2.70. The Morgan fingerprint density at radius 3 is 2.27 bits per heavy atom. The van der Waals surface area contributed by atoms with Crippen LogP contribution >= 0.6 is 0 Å². The maximum Gasteiger partial charge on any atom is 0.232 e. The number of aliphatic imine (C=N–C) groups is 1. The van der Waals surface area contributed by atoms with Crippen molar-refractivity contribution in [3.63, 3.8) is 0 Å². The molecule has 0 unspecified atom stereocenters. The standard InChI is InChI=1S/C25H31N3O2/c1-17(2)25(4)15-23(30)28(24(26)27-25)16-20-9-12-21(13-10-20)22(29)14-11-19-7-5-18(3)6-8-19/h5-10,12-13,17H,11,14-16H2,1-4H3,(H2,26,27)/t25-/m0/s1. The molecular formula is C25H31N3O2. The Morgan fingerprint density at radius 2 is 1.70 bits per heavy atom. The zero-order chi connectivity index (χ0) is 21.9. The Morgan fingerprint density at radius 1 is 1.10 bits per heavy atom. The summed E-state index contributed by atoms with van der Waals surface area (Å²) in [7, 11) is 0. The molecule has 1 heterocycles. The molecule has 0 spiro atoms. The monoisotopic (exact) mass is 405 g/mol. The molecule has 1 amide bonds. The van der Waals surface area contributed by atoms with Gasteiger partial charge in [0.25, 0.3) is 0 Å². The predicted molar refractivity (Wildman–Crippen MR) is 120 cm³/mol. The number of carbonyl (C=O) groups excluding carboxylic acids is 2. The van der Waals surface area contributed by atoms with E-state index in [1.54, 1.807) is 0 Å². The van der Waals surface area contributed by atoms with Gasteiger partial charge in [0, 0.05) is 12.0 Å². The molecule has 2 N–H and O–H groups in total. The highest BCUT2D eigenvalue weighted by molar-refractivity contribution is 5.99. The molecule has 1 aliphatic rings. The maximum absolute atomic E-state index is 12.7. The Bertz CT molecular complexity index is 945. The number of carbonyl (C=O) groups is 2. The SMILES string of the molecule is Cc1ccc(CCC(=O)c2ccc(CN3C(=O)C[C@@](C)(C(C)C)N=C3N)cc2)cc1. The molecule has 158 valence electrons. The molecule has 5 heteroatoms. The van der Waals surface area contributed by atoms with Crippen molar-refractivity contribution in [3.8, 4) is 0 Å². The average molecular weight is 406 g/mol. The molecule has 30 heavy (non-hydrogen) atoms. The van der Waals surface area contributed by atoms with Crippen LogP contribution < -0.4 is 5.73 Å². The summed E-state index contributed by atoms with van der Waals surface area (Å²) < 4.78 is 0. The summed E-state index contributed by atoms with van der Waals surface area (Å²) in [5.74, 6) is 0.593. The summed E-state index contributed by atoms with van der Waals surface area (Å²) in [6, 6.07) is 15.7. The molecule has 2 aromatic carbocycles. The van der Waals surface area contributed by atoms with E-state index >= 15 is 0 Å². The summed E-state index contributed by atoms with van der Waals surface area (Å²) in [5, 5.41) is 0. The van der Waals surface area contributed by atoms with Crippen LogP contribution in [0, 0.1) is 12.8 Å². The first-order valence-electron chi connectivity index (χ1n) is 10.5. The summed E-state index contributed by atoms with van der Waals surface area (Å²) in [4.78, 5) is 31.3. The fourth-order valence-corrected chi connectivity index (χ4v) is 3.53. The van der Waals surface area contributed by atoms with Gasteiger partial charge in [0.1, 0.15) is 0 Å².